The number of benzene rings is 1. The van der Waals surface area contributed by atoms with Crippen LogP contribution in [0.3, 0.4) is 0 Å². The molecule has 1 aromatic heterocycles. The lowest BCUT2D eigenvalue weighted by Gasteiger charge is -2.34. The second kappa shape index (κ2) is 9.88. The summed E-state index contributed by atoms with van der Waals surface area (Å²) in [5.41, 5.74) is 3.73. The molecule has 0 spiro atoms. The number of likely N-dealkylation sites (N-methyl/N-ethyl adjacent to an activating group) is 1. The van der Waals surface area contributed by atoms with Gasteiger partial charge in [-0.15, -0.1) is 0 Å². The van der Waals surface area contributed by atoms with Crippen LogP contribution in [0.25, 0.3) is 11.3 Å². The quantitative estimate of drug-likeness (QED) is 0.700. The minimum atomic E-state index is 0.849. The number of hydrogen-bond acceptors (Lipinski definition) is 5. The van der Waals surface area contributed by atoms with E-state index >= 15 is 0 Å². The Bertz CT molecular complexity index is 809. The predicted molar refractivity (Wildman–Crippen MR) is 121 cm³/mol. The molecule has 154 valence electrons. The fourth-order valence-electron chi connectivity index (χ4n) is 4.17. The van der Waals surface area contributed by atoms with Gasteiger partial charge in [-0.25, -0.2) is 4.98 Å². The summed E-state index contributed by atoms with van der Waals surface area (Å²) in [6.45, 7) is 8.39. The van der Waals surface area contributed by atoms with Gasteiger partial charge < -0.3 is 15.1 Å². The van der Waals surface area contributed by atoms with Crippen molar-refractivity contribution in [1.29, 1.82) is 0 Å². The van der Waals surface area contributed by atoms with E-state index in [0.29, 0.717) is 0 Å². The Morgan fingerprint density at radius 1 is 1.00 bits per heavy atom. The van der Waals surface area contributed by atoms with Gasteiger partial charge in [-0.1, -0.05) is 48.9 Å². The van der Waals surface area contributed by atoms with E-state index in [1.165, 1.54) is 25.7 Å². The molecule has 2 aliphatic rings. The Kier molecular flexibility index (Phi) is 6.78. The van der Waals surface area contributed by atoms with Crippen LogP contribution in [0, 0.1) is 0 Å². The molecular weight excluding hydrogens is 358 g/mol. The van der Waals surface area contributed by atoms with E-state index in [9.17, 15) is 0 Å². The molecule has 2 heterocycles. The predicted octanol–water partition coefficient (Wildman–Crippen LogP) is 4.59. The summed E-state index contributed by atoms with van der Waals surface area (Å²) in [5.74, 6) is 1.78. The van der Waals surface area contributed by atoms with Crippen LogP contribution in [0.15, 0.2) is 48.0 Å². The standard InChI is InChI=1S/C24H33N5/c1-2-28-15-17-29(18-16-28)24-26-22(21-11-7-4-8-12-21)19-23(27-24)25-14-13-20-9-5-3-6-10-20/h4,7-9,11-12,19H,2-3,5-6,10,13-18H2,1H3,(H,25,26,27). The molecule has 0 atom stereocenters. The highest BCUT2D eigenvalue weighted by atomic mass is 15.3. The van der Waals surface area contributed by atoms with E-state index in [2.05, 4.69) is 58.4 Å². The Morgan fingerprint density at radius 3 is 2.55 bits per heavy atom. The molecule has 0 radical (unpaired) electrons. The van der Waals surface area contributed by atoms with Gasteiger partial charge in [0.2, 0.25) is 5.95 Å². The van der Waals surface area contributed by atoms with E-state index in [1.807, 2.05) is 6.07 Å². The molecule has 1 aromatic carbocycles. The first-order valence-corrected chi connectivity index (χ1v) is 11.2. The average Bonchev–Trinajstić information content (AvgIpc) is 2.80. The van der Waals surface area contributed by atoms with Crippen LogP contribution < -0.4 is 10.2 Å². The Morgan fingerprint density at radius 2 is 1.83 bits per heavy atom. The van der Waals surface area contributed by atoms with E-state index in [0.717, 1.165) is 68.7 Å². The third-order valence-corrected chi connectivity index (χ3v) is 6.02. The van der Waals surface area contributed by atoms with Crippen molar-refractivity contribution in [3.05, 3.63) is 48.0 Å². The lowest BCUT2D eigenvalue weighted by molar-refractivity contribution is 0.270. The molecule has 1 aliphatic heterocycles. The molecule has 0 bridgehead atoms. The first kappa shape index (κ1) is 19.9. The van der Waals surface area contributed by atoms with E-state index in [-0.39, 0.29) is 0 Å². The van der Waals surface area contributed by atoms with Crippen LogP contribution in [-0.2, 0) is 0 Å². The van der Waals surface area contributed by atoms with Crippen LogP contribution >= 0.6 is 0 Å². The highest BCUT2D eigenvalue weighted by Gasteiger charge is 2.19. The summed E-state index contributed by atoms with van der Waals surface area (Å²) in [6.07, 6.45) is 8.72. The maximum Gasteiger partial charge on any atom is 0.227 e. The fraction of sp³-hybridized carbons (Fsp3) is 0.500. The molecule has 1 saturated heterocycles. The Labute approximate surface area is 174 Å². The second-order valence-electron chi connectivity index (χ2n) is 8.01. The smallest absolute Gasteiger partial charge is 0.227 e. The highest BCUT2D eigenvalue weighted by molar-refractivity contribution is 5.64. The molecule has 29 heavy (non-hydrogen) atoms. The maximum atomic E-state index is 4.92. The van der Waals surface area contributed by atoms with Crippen molar-refractivity contribution in [2.45, 2.75) is 39.0 Å². The summed E-state index contributed by atoms with van der Waals surface area (Å²) in [4.78, 5) is 14.6. The van der Waals surface area contributed by atoms with Crippen molar-refractivity contribution in [3.63, 3.8) is 0 Å². The third kappa shape index (κ3) is 5.36. The van der Waals surface area contributed by atoms with Gasteiger partial charge in [-0.3, -0.25) is 0 Å². The first-order valence-electron chi connectivity index (χ1n) is 11.2. The number of nitrogens with one attached hydrogen (secondary N) is 1. The summed E-state index contributed by atoms with van der Waals surface area (Å²) in [7, 11) is 0. The topological polar surface area (TPSA) is 44.3 Å². The van der Waals surface area contributed by atoms with Crippen molar-refractivity contribution in [1.82, 2.24) is 14.9 Å². The van der Waals surface area contributed by atoms with Gasteiger partial charge in [0.05, 0.1) is 5.69 Å². The molecule has 4 rings (SSSR count). The van der Waals surface area contributed by atoms with Crippen molar-refractivity contribution < 1.29 is 0 Å². The summed E-state index contributed by atoms with van der Waals surface area (Å²) in [6, 6.07) is 12.5. The van der Waals surface area contributed by atoms with Gasteiger partial charge in [0.1, 0.15) is 5.82 Å². The molecule has 0 amide bonds. The number of rotatable bonds is 7. The van der Waals surface area contributed by atoms with Crippen molar-refractivity contribution in [2.24, 2.45) is 0 Å². The minimum absolute atomic E-state index is 0.849. The molecule has 1 fully saturated rings. The average molecular weight is 392 g/mol. The van der Waals surface area contributed by atoms with Crippen LogP contribution in [0.2, 0.25) is 0 Å². The molecular formula is C24H33N5. The highest BCUT2D eigenvalue weighted by Crippen LogP contribution is 2.24. The maximum absolute atomic E-state index is 4.92. The van der Waals surface area contributed by atoms with Gasteiger partial charge in [0.25, 0.3) is 0 Å². The Balaban J connectivity index is 1.51. The monoisotopic (exact) mass is 391 g/mol. The number of hydrogen-bond donors (Lipinski definition) is 1. The van der Waals surface area contributed by atoms with Gasteiger partial charge in [0, 0.05) is 44.4 Å². The number of nitrogens with zero attached hydrogens (tertiary/aromatic N) is 4. The van der Waals surface area contributed by atoms with Crippen LogP contribution in [-0.4, -0.2) is 54.1 Å². The van der Waals surface area contributed by atoms with Gasteiger partial charge >= 0.3 is 0 Å². The zero-order valence-electron chi connectivity index (χ0n) is 17.6. The fourth-order valence-corrected chi connectivity index (χ4v) is 4.17. The third-order valence-electron chi connectivity index (χ3n) is 6.02. The molecule has 1 aliphatic carbocycles. The molecule has 0 saturated carbocycles. The zero-order chi connectivity index (χ0) is 19.9. The molecule has 5 nitrogen and oxygen atoms in total. The van der Waals surface area contributed by atoms with Gasteiger partial charge in [-0.05, 0) is 38.6 Å². The van der Waals surface area contributed by atoms with Crippen LogP contribution in [0.4, 0.5) is 11.8 Å². The number of allylic oxidation sites excluding steroid dienone is 1. The van der Waals surface area contributed by atoms with Gasteiger partial charge in [-0.2, -0.15) is 4.98 Å². The molecule has 1 N–H and O–H groups in total. The van der Waals surface area contributed by atoms with Crippen LogP contribution in [0.1, 0.15) is 39.0 Å². The number of aromatic nitrogens is 2. The Hall–Kier alpha value is -2.40. The molecule has 2 aromatic rings. The SMILES string of the molecule is CCN1CCN(c2nc(NCCC3=CCCCC3)cc(-c3ccccc3)n2)CC1. The number of piperazine rings is 1. The van der Waals surface area contributed by atoms with E-state index in [4.69, 9.17) is 9.97 Å². The normalized spacial score (nSPS) is 17.8. The summed E-state index contributed by atoms with van der Waals surface area (Å²) in [5, 5.41) is 3.57. The minimum Gasteiger partial charge on any atom is -0.370 e. The van der Waals surface area contributed by atoms with Crippen LogP contribution in [0.5, 0.6) is 0 Å². The van der Waals surface area contributed by atoms with Crippen molar-refractivity contribution in [2.75, 3.05) is 49.5 Å². The number of anilines is 2. The largest absolute Gasteiger partial charge is 0.370 e. The van der Waals surface area contributed by atoms with E-state index in [1.54, 1.807) is 5.57 Å². The zero-order valence-corrected chi connectivity index (χ0v) is 17.6. The summed E-state index contributed by atoms with van der Waals surface area (Å²) < 4.78 is 0. The van der Waals surface area contributed by atoms with Gasteiger partial charge in [0.15, 0.2) is 0 Å². The molecule has 5 heteroatoms. The first-order chi connectivity index (χ1) is 14.3. The lowest BCUT2D eigenvalue weighted by Crippen LogP contribution is -2.46. The van der Waals surface area contributed by atoms with E-state index < -0.39 is 0 Å². The van der Waals surface area contributed by atoms with Crippen molar-refractivity contribution in [3.8, 4) is 11.3 Å². The molecule has 0 unspecified atom stereocenters. The van der Waals surface area contributed by atoms with Crippen molar-refractivity contribution >= 4 is 11.8 Å². The second-order valence-corrected chi connectivity index (χ2v) is 8.01. The summed E-state index contributed by atoms with van der Waals surface area (Å²) >= 11 is 0. The lowest BCUT2D eigenvalue weighted by atomic mass is 9.97.